The smallest absolute Gasteiger partial charge is 0.247 e. The molecule has 5 heteroatoms. The lowest BCUT2D eigenvalue weighted by atomic mass is 9.94. The van der Waals surface area contributed by atoms with E-state index in [1.165, 1.54) is 6.42 Å². The molecule has 1 aliphatic rings. The van der Waals surface area contributed by atoms with Crippen LogP contribution in [0.3, 0.4) is 0 Å². The van der Waals surface area contributed by atoms with Crippen molar-refractivity contribution in [1.29, 1.82) is 0 Å². The minimum atomic E-state index is -0.592. The van der Waals surface area contributed by atoms with Crippen LogP contribution >= 0.6 is 11.3 Å². The van der Waals surface area contributed by atoms with Crippen LogP contribution in [0.15, 0.2) is 47.8 Å². The minimum Gasteiger partial charge on any atom is -0.351 e. The lowest BCUT2D eigenvalue weighted by molar-refractivity contribution is -0.143. The molecule has 1 aliphatic carbocycles. The Morgan fingerprint density at radius 2 is 1.73 bits per heavy atom. The molecule has 1 N–H and O–H groups in total. The van der Waals surface area contributed by atoms with Crippen molar-refractivity contribution in [2.24, 2.45) is 0 Å². The fourth-order valence-corrected chi connectivity index (χ4v) is 5.19. The molecule has 3 rings (SSSR count). The Morgan fingerprint density at radius 3 is 2.33 bits per heavy atom. The zero-order valence-electron chi connectivity index (χ0n) is 18.2. The monoisotopic (exact) mass is 426 g/mol. The lowest BCUT2D eigenvalue weighted by Gasteiger charge is -2.38. The first-order chi connectivity index (χ1) is 14.6. The summed E-state index contributed by atoms with van der Waals surface area (Å²) in [4.78, 5) is 30.0. The summed E-state index contributed by atoms with van der Waals surface area (Å²) in [5.41, 5.74) is 0.886. The van der Waals surface area contributed by atoms with Crippen LogP contribution in [-0.4, -0.2) is 28.8 Å². The van der Waals surface area contributed by atoms with E-state index in [0.29, 0.717) is 6.42 Å². The van der Waals surface area contributed by atoms with E-state index in [1.54, 1.807) is 11.3 Å². The maximum Gasteiger partial charge on any atom is 0.247 e. The number of benzene rings is 1. The van der Waals surface area contributed by atoms with E-state index in [4.69, 9.17) is 0 Å². The van der Waals surface area contributed by atoms with Crippen molar-refractivity contribution in [2.45, 2.75) is 83.3 Å². The third-order valence-electron chi connectivity index (χ3n) is 6.12. The number of hydrogen-bond acceptors (Lipinski definition) is 3. The quantitative estimate of drug-likeness (QED) is 0.576. The summed E-state index contributed by atoms with van der Waals surface area (Å²) in [7, 11) is 0. The van der Waals surface area contributed by atoms with Gasteiger partial charge in [0.1, 0.15) is 6.04 Å². The lowest BCUT2D eigenvalue weighted by Crippen LogP contribution is -2.51. The number of nitrogens with one attached hydrogen (secondary N) is 1. The molecule has 1 atom stereocenters. The number of nitrogens with zero attached hydrogens (tertiary/aromatic N) is 1. The Hall–Kier alpha value is -2.14. The highest BCUT2D eigenvalue weighted by Gasteiger charge is 2.36. The van der Waals surface area contributed by atoms with Crippen LogP contribution in [0.4, 0.5) is 0 Å². The highest BCUT2D eigenvalue weighted by atomic mass is 32.1. The number of rotatable bonds is 9. The van der Waals surface area contributed by atoms with Gasteiger partial charge in [-0.3, -0.25) is 9.59 Å². The summed E-state index contributed by atoms with van der Waals surface area (Å²) < 4.78 is 0. The topological polar surface area (TPSA) is 49.4 Å². The third kappa shape index (κ3) is 5.72. The van der Waals surface area contributed by atoms with Crippen molar-refractivity contribution < 1.29 is 9.59 Å². The first kappa shape index (κ1) is 22.5. The number of amides is 2. The minimum absolute atomic E-state index is 0.0267. The molecule has 2 aromatic rings. The maximum atomic E-state index is 13.6. The highest BCUT2D eigenvalue weighted by Crippen LogP contribution is 2.29. The van der Waals surface area contributed by atoms with Crippen LogP contribution in [0.1, 0.15) is 75.3 Å². The normalized spacial score (nSPS) is 15.7. The van der Waals surface area contributed by atoms with Gasteiger partial charge >= 0.3 is 0 Å². The van der Waals surface area contributed by atoms with E-state index in [-0.39, 0.29) is 23.9 Å². The number of carbonyl (C=O) groups is 2. The molecular weight excluding hydrogens is 392 g/mol. The second-order valence-electron chi connectivity index (χ2n) is 8.18. The second kappa shape index (κ2) is 11.3. The van der Waals surface area contributed by atoms with E-state index in [9.17, 15) is 9.59 Å². The van der Waals surface area contributed by atoms with Gasteiger partial charge in [0.05, 0.1) is 6.42 Å². The fraction of sp³-hybridized carbons (Fsp3) is 0.520. The van der Waals surface area contributed by atoms with E-state index < -0.39 is 6.04 Å². The van der Waals surface area contributed by atoms with Gasteiger partial charge in [0.15, 0.2) is 0 Å². The van der Waals surface area contributed by atoms with Crippen LogP contribution in [0.25, 0.3) is 0 Å². The molecule has 0 aliphatic heterocycles. The van der Waals surface area contributed by atoms with Gasteiger partial charge in [-0.25, -0.2) is 0 Å². The Labute approximate surface area is 184 Å². The third-order valence-corrected chi connectivity index (χ3v) is 7.00. The molecule has 0 radical (unpaired) electrons. The van der Waals surface area contributed by atoms with Gasteiger partial charge in [0.25, 0.3) is 0 Å². The predicted octanol–water partition coefficient (Wildman–Crippen LogP) is 5.50. The molecule has 0 bridgehead atoms. The van der Waals surface area contributed by atoms with Crippen molar-refractivity contribution in [1.82, 2.24) is 10.2 Å². The van der Waals surface area contributed by atoms with Crippen LogP contribution in [0, 0.1) is 0 Å². The second-order valence-corrected chi connectivity index (χ2v) is 9.22. The molecule has 1 saturated carbocycles. The van der Waals surface area contributed by atoms with Gasteiger partial charge < -0.3 is 10.2 Å². The van der Waals surface area contributed by atoms with Gasteiger partial charge in [-0.15, -0.1) is 11.3 Å². The zero-order valence-corrected chi connectivity index (χ0v) is 19.0. The molecule has 1 aromatic heterocycles. The summed E-state index contributed by atoms with van der Waals surface area (Å²) in [5, 5.41) is 5.28. The van der Waals surface area contributed by atoms with Gasteiger partial charge in [-0.1, -0.05) is 69.5 Å². The van der Waals surface area contributed by atoms with Crippen LogP contribution in [-0.2, 0) is 16.0 Å². The Balaban J connectivity index is 1.92. The van der Waals surface area contributed by atoms with Crippen LogP contribution in [0.2, 0.25) is 0 Å². The summed E-state index contributed by atoms with van der Waals surface area (Å²) in [6.45, 7) is 4.20. The van der Waals surface area contributed by atoms with E-state index in [2.05, 4.69) is 19.2 Å². The molecule has 1 aromatic carbocycles. The van der Waals surface area contributed by atoms with Crippen LogP contribution in [0.5, 0.6) is 0 Å². The van der Waals surface area contributed by atoms with Crippen LogP contribution < -0.4 is 5.32 Å². The van der Waals surface area contributed by atoms with Crippen molar-refractivity contribution in [3.05, 3.63) is 58.3 Å². The average Bonchev–Trinajstić information content (AvgIpc) is 3.28. The fourth-order valence-electron chi connectivity index (χ4n) is 4.49. The van der Waals surface area contributed by atoms with E-state index in [0.717, 1.165) is 49.0 Å². The first-order valence-electron chi connectivity index (χ1n) is 11.3. The van der Waals surface area contributed by atoms with Crippen molar-refractivity contribution in [3.8, 4) is 0 Å². The summed E-state index contributed by atoms with van der Waals surface area (Å²) in [6.07, 6.45) is 7.62. The molecule has 2 amide bonds. The Kier molecular flexibility index (Phi) is 8.50. The van der Waals surface area contributed by atoms with Gasteiger partial charge in [-0.05, 0) is 42.7 Å². The van der Waals surface area contributed by atoms with Crippen molar-refractivity contribution >= 4 is 23.2 Å². The summed E-state index contributed by atoms with van der Waals surface area (Å²) in [6, 6.07) is 13.4. The Bertz CT molecular complexity index is 781. The molecular formula is C25H34N2O2S. The van der Waals surface area contributed by atoms with Crippen molar-refractivity contribution in [2.75, 3.05) is 0 Å². The van der Waals surface area contributed by atoms with E-state index in [1.807, 2.05) is 52.7 Å². The predicted molar refractivity (Wildman–Crippen MR) is 123 cm³/mol. The highest BCUT2D eigenvalue weighted by molar-refractivity contribution is 7.10. The molecule has 162 valence electrons. The molecule has 4 nitrogen and oxygen atoms in total. The summed E-state index contributed by atoms with van der Waals surface area (Å²) in [5.74, 6) is -0.0154. The van der Waals surface area contributed by atoms with Gasteiger partial charge in [0, 0.05) is 17.0 Å². The average molecular weight is 427 g/mol. The molecule has 0 spiro atoms. The number of hydrogen-bond donors (Lipinski definition) is 1. The van der Waals surface area contributed by atoms with Gasteiger partial charge in [-0.2, -0.15) is 0 Å². The first-order valence-corrected chi connectivity index (χ1v) is 12.2. The zero-order chi connectivity index (χ0) is 21.3. The Morgan fingerprint density at radius 1 is 1.03 bits per heavy atom. The standard InChI is InChI=1S/C25H34N2O2S/c1-3-21(4-2)27(23(28)18-22-16-11-17-30-22)24(19-12-7-5-8-13-19)25(29)26-20-14-9-6-10-15-20/h5,7-8,11-13,16-17,20-21,24H,3-4,6,9-10,14-15,18H2,1-2H3,(H,26,29). The molecule has 0 saturated heterocycles. The number of carbonyl (C=O) groups excluding carboxylic acids is 2. The molecule has 30 heavy (non-hydrogen) atoms. The summed E-state index contributed by atoms with van der Waals surface area (Å²) >= 11 is 1.59. The SMILES string of the molecule is CCC(CC)N(C(=O)Cc1cccs1)C(C(=O)NC1CCCCC1)c1ccccc1. The number of thiophene rings is 1. The van der Waals surface area contributed by atoms with E-state index >= 15 is 0 Å². The maximum absolute atomic E-state index is 13.6. The largest absolute Gasteiger partial charge is 0.351 e. The molecule has 1 unspecified atom stereocenters. The molecule has 1 heterocycles. The van der Waals surface area contributed by atoms with Gasteiger partial charge in [0.2, 0.25) is 11.8 Å². The van der Waals surface area contributed by atoms with Crippen molar-refractivity contribution in [3.63, 3.8) is 0 Å². The molecule has 1 fully saturated rings.